The maximum atomic E-state index is 11.2. The average Bonchev–Trinajstić information content (AvgIpc) is 2.93. The average molecular weight is 241 g/mol. The molecule has 0 unspecified atom stereocenters. The van der Waals surface area contributed by atoms with Crippen molar-refractivity contribution >= 4 is 17.0 Å². The van der Waals surface area contributed by atoms with Crippen LogP contribution in [0.4, 0.5) is 0 Å². The largest absolute Gasteiger partial charge is 0.443 e. The van der Waals surface area contributed by atoms with E-state index in [0.717, 1.165) is 22.5 Å². The van der Waals surface area contributed by atoms with Crippen LogP contribution < -0.4 is 5.73 Å². The number of benzene rings is 1. The first-order chi connectivity index (χ1) is 8.65. The predicted molar refractivity (Wildman–Crippen MR) is 67.1 cm³/mol. The van der Waals surface area contributed by atoms with E-state index in [-0.39, 0.29) is 0 Å². The number of rotatable bonds is 2. The quantitative estimate of drug-likeness (QED) is 0.721. The van der Waals surface area contributed by atoms with Gasteiger partial charge in [-0.2, -0.15) is 0 Å². The van der Waals surface area contributed by atoms with Gasteiger partial charge in [0.05, 0.1) is 5.56 Å². The third-order valence-corrected chi connectivity index (χ3v) is 2.92. The standard InChI is InChI=1S/C13H11N3O2/c1-7-9(13(14)17)5-11(16-7)8-2-3-10-12(4-8)18-6-15-10/h2-6,16H,1H3,(H2,14,17). The fourth-order valence-corrected chi connectivity index (χ4v) is 1.99. The number of aromatic amines is 1. The highest BCUT2D eigenvalue weighted by molar-refractivity contribution is 5.95. The molecule has 2 aromatic heterocycles. The number of nitrogens with two attached hydrogens (primary N) is 1. The minimum atomic E-state index is -0.434. The molecule has 18 heavy (non-hydrogen) atoms. The number of hydrogen-bond donors (Lipinski definition) is 2. The molecule has 3 aromatic rings. The smallest absolute Gasteiger partial charge is 0.250 e. The lowest BCUT2D eigenvalue weighted by atomic mass is 10.1. The molecule has 0 aliphatic heterocycles. The number of amides is 1. The Hall–Kier alpha value is -2.56. The molecular formula is C13H11N3O2. The minimum Gasteiger partial charge on any atom is -0.443 e. The summed E-state index contributed by atoms with van der Waals surface area (Å²) in [5.74, 6) is -0.434. The molecule has 0 fully saturated rings. The Kier molecular flexibility index (Phi) is 2.19. The second-order valence-corrected chi connectivity index (χ2v) is 4.12. The van der Waals surface area contributed by atoms with Crippen molar-refractivity contribution in [2.24, 2.45) is 5.73 Å². The van der Waals surface area contributed by atoms with Gasteiger partial charge in [-0.3, -0.25) is 4.79 Å². The molecule has 0 saturated heterocycles. The van der Waals surface area contributed by atoms with E-state index in [1.807, 2.05) is 25.1 Å². The van der Waals surface area contributed by atoms with E-state index >= 15 is 0 Å². The predicted octanol–water partition coefficient (Wildman–Crippen LogP) is 2.23. The summed E-state index contributed by atoms with van der Waals surface area (Å²) in [6.45, 7) is 1.82. The van der Waals surface area contributed by atoms with Crippen molar-refractivity contribution in [3.8, 4) is 11.3 Å². The zero-order valence-corrected chi connectivity index (χ0v) is 9.73. The topological polar surface area (TPSA) is 84.9 Å². The number of primary amides is 1. The molecule has 5 heteroatoms. The van der Waals surface area contributed by atoms with Gasteiger partial charge < -0.3 is 15.1 Å². The molecule has 1 aromatic carbocycles. The van der Waals surface area contributed by atoms with Crippen LogP contribution in [0.15, 0.2) is 35.1 Å². The van der Waals surface area contributed by atoms with Crippen LogP contribution in [0.2, 0.25) is 0 Å². The first-order valence-electron chi connectivity index (χ1n) is 5.48. The summed E-state index contributed by atoms with van der Waals surface area (Å²) in [7, 11) is 0. The lowest BCUT2D eigenvalue weighted by Crippen LogP contribution is -2.10. The molecule has 3 N–H and O–H groups in total. The second kappa shape index (κ2) is 3.73. The van der Waals surface area contributed by atoms with Crippen molar-refractivity contribution in [2.75, 3.05) is 0 Å². The number of aromatic nitrogens is 2. The first-order valence-corrected chi connectivity index (χ1v) is 5.48. The van der Waals surface area contributed by atoms with Crippen LogP contribution in [0.5, 0.6) is 0 Å². The van der Waals surface area contributed by atoms with E-state index in [2.05, 4.69) is 9.97 Å². The highest BCUT2D eigenvalue weighted by atomic mass is 16.3. The normalized spacial score (nSPS) is 10.9. The molecule has 0 atom stereocenters. The Balaban J connectivity index is 2.13. The Morgan fingerprint density at radius 3 is 2.94 bits per heavy atom. The number of nitrogens with zero attached hydrogens (tertiary/aromatic N) is 1. The summed E-state index contributed by atoms with van der Waals surface area (Å²) >= 11 is 0. The van der Waals surface area contributed by atoms with E-state index < -0.39 is 5.91 Å². The van der Waals surface area contributed by atoms with Crippen molar-refractivity contribution < 1.29 is 9.21 Å². The van der Waals surface area contributed by atoms with E-state index in [1.165, 1.54) is 6.39 Å². The van der Waals surface area contributed by atoms with Crippen LogP contribution in [0.1, 0.15) is 16.1 Å². The molecule has 0 radical (unpaired) electrons. The Morgan fingerprint density at radius 2 is 2.22 bits per heavy atom. The number of hydrogen-bond acceptors (Lipinski definition) is 3. The van der Waals surface area contributed by atoms with Gasteiger partial charge in [0, 0.05) is 17.0 Å². The highest BCUT2D eigenvalue weighted by Crippen LogP contribution is 2.25. The zero-order chi connectivity index (χ0) is 12.7. The summed E-state index contributed by atoms with van der Waals surface area (Å²) in [4.78, 5) is 18.4. The maximum Gasteiger partial charge on any atom is 0.250 e. The molecule has 0 saturated carbocycles. The molecule has 1 amide bonds. The number of fused-ring (bicyclic) bond motifs is 1. The fourth-order valence-electron chi connectivity index (χ4n) is 1.99. The third-order valence-electron chi connectivity index (χ3n) is 2.92. The molecule has 0 aliphatic carbocycles. The van der Waals surface area contributed by atoms with E-state index in [1.54, 1.807) is 6.07 Å². The van der Waals surface area contributed by atoms with Gasteiger partial charge in [0.1, 0.15) is 5.52 Å². The van der Waals surface area contributed by atoms with Gasteiger partial charge in [-0.15, -0.1) is 0 Å². The van der Waals surface area contributed by atoms with Gasteiger partial charge >= 0.3 is 0 Å². The molecule has 90 valence electrons. The lowest BCUT2D eigenvalue weighted by molar-refractivity contribution is 0.1000. The summed E-state index contributed by atoms with van der Waals surface area (Å²) in [6.07, 6.45) is 1.41. The van der Waals surface area contributed by atoms with Crippen LogP contribution in [0, 0.1) is 6.92 Å². The fraction of sp³-hybridized carbons (Fsp3) is 0.0769. The van der Waals surface area contributed by atoms with Gasteiger partial charge in [0.2, 0.25) is 0 Å². The lowest BCUT2D eigenvalue weighted by Gasteiger charge is -1.96. The third kappa shape index (κ3) is 1.57. The maximum absolute atomic E-state index is 11.2. The van der Waals surface area contributed by atoms with E-state index in [9.17, 15) is 4.79 Å². The second-order valence-electron chi connectivity index (χ2n) is 4.12. The molecule has 0 aliphatic rings. The Bertz CT molecular complexity index is 740. The number of aryl methyl sites for hydroxylation is 1. The highest BCUT2D eigenvalue weighted by Gasteiger charge is 2.11. The number of nitrogens with one attached hydrogen (secondary N) is 1. The Morgan fingerprint density at radius 1 is 1.39 bits per heavy atom. The molecule has 0 bridgehead atoms. The van der Waals surface area contributed by atoms with Crippen molar-refractivity contribution in [1.29, 1.82) is 0 Å². The van der Waals surface area contributed by atoms with Gasteiger partial charge in [-0.05, 0) is 25.1 Å². The van der Waals surface area contributed by atoms with Gasteiger partial charge in [-0.1, -0.05) is 6.07 Å². The van der Waals surface area contributed by atoms with Crippen LogP contribution in [-0.2, 0) is 0 Å². The van der Waals surface area contributed by atoms with Crippen molar-refractivity contribution in [3.63, 3.8) is 0 Å². The molecule has 2 heterocycles. The molecule has 0 spiro atoms. The Labute approximate surface area is 103 Å². The van der Waals surface area contributed by atoms with Gasteiger partial charge in [0.15, 0.2) is 12.0 Å². The number of H-pyrrole nitrogens is 1. The van der Waals surface area contributed by atoms with E-state index in [4.69, 9.17) is 10.2 Å². The summed E-state index contributed by atoms with van der Waals surface area (Å²) in [5.41, 5.74) is 9.82. The summed E-state index contributed by atoms with van der Waals surface area (Å²) in [5, 5.41) is 0. The SMILES string of the molecule is Cc1[nH]c(-c2ccc3ncoc3c2)cc1C(N)=O. The van der Waals surface area contributed by atoms with Crippen LogP contribution >= 0.6 is 0 Å². The molecular weight excluding hydrogens is 230 g/mol. The minimum absolute atomic E-state index is 0.434. The van der Waals surface area contributed by atoms with Crippen molar-refractivity contribution in [1.82, 2.24) is 9.97 Å². The summed E-state index contributed by atoms with van der Waals surface area (Å²) < 4.78 is 5.25. The van der Waals surface area contributed by atoms with Gasteiger partial charge in [0.25, 0.3) is 5.91 Å². The number of carbonyl (C=O) groups is 1. The van der Waals surface area contributed by atoms with Crippen LogP contribution in [0.25, 0.3) is 22.4 Å². The van der Waals surface area contributed by atoms with Crippen LogP contribution in [0.3, 0.4) is 0 Å². The monoisotopic (exact) mass is 241 g/mol. The van der Waals surface area contributed by atoms with Crippen molar-refractivity contribution in [3.05, 3.63) is 41.9 Å². The first kappa shape index (κ1) is 10.6. The van der Waals surface area contributed by atoms with Gasteiger partial charge in [-0.25, -0.2) is 4.98 Å². The molecule has 5 nitrogen and oxygen atoms in total. The van der Waals surface area contributed by atoms with Crippen LogP contribution in [-0.4, -0.2) is 15.9 Å². The number of carbonyl (C=O) groups excluding carboxylic acids is 1. The summed E-state index contributed by atoms with van der Waals surface area (Å²) in [6, 6.07) is 7.41. The number of oxazole rings is 1. The van der Waals surface area contributed by atoms with Crippen molar-refractivity contribution in [2.45, 2.75) is 6.92 Å². The molecule has 3 rings (SSSR count). The zero-order valence-electron chi connectivity index (χ0n) is 9.73. The van der Waals surface area contributed by atoms with E-state index in [0.29, 0.717) is 11.1 Å².